The molecular weight excluding hydrogens is 534 g/mol. The summed E-state index contributed by atoms with van der Waals surface area (Å²) in [5.41, 5.74) is 9.70. The summed E-state index contributed by atoms with van der Waals surface area (Å²) in [6.07, 6.45) is 5.70. The van der Waals surface area contributed by atoms with Gasteiger partial charge >= 0.3 is 0 Å². The lowest BCUT2D eigenvalue weighted by Crippen LogP contribution is -1.92. The van der Waals surface area contributed by atoms with Crippen LogP contribution in [0, 0.1) is 0 Å². The first-order valence-electron chi connectivity index (χ1n) is 14.8. The van der Waals surface area contributed by atoms with E-state index in [0.29, 0.717) is 0 Å². The topological polar surface area (TPSA) is 38.7 Å². The number of pyridine rings is 3. The van der Waals surface area contributed by atoms with E-state index in [2.05, 4.69) is 113 Å². The number of para-hydroxylation sites is 1. The number of hydrogen-bond acceptors (Lipinski definition) is 3. The fourth-order valence-corrected chi connectivity index (χ4v) is 6.67. The first kappa shape index (κ1) is 24.6. The maximum absolute atomic E-state index is 4.78. The van der Waals surface area contributed by atoms with Gasteiger partial charge in [0.25, 0.3) is 0 Å². The fraction of sp³-hybridized carbons (Fsp3) is 0. The van der Waals surface area contributed by atoms with Gasteiger partial charge in [-0.3, -0.25) is 15.0 Å². The van der Waals surface area contributed by atoms with Crippen LogP contribution in [0.2, 0.25) is 0 Å². The molecule has 0 saturated carbocycles. The van der Waals surface area contributed by atoms with Crippen LogP contribution in [0.4, 0.5) is 0 Å². The molecule has 9 rings (SSSR count). The Balaban J connectivity index is 1.30. The van der Waals surface area contributed by atoms with Gasteiger partial charge in [-0.25, -0.2) is 0 Å². The van der Waals surface area contributed by atoms with Gasteiger partial charge in [-0.15, -0.1) is 0 Å². The molecule has 44 heavy (non-hydrogen) atoms. The van der Waals surface area contributed by atoms with E-state index >= 15 is 0 Å². The minimum absolute atomic E-state index is 0.942. The van der Waals surface area contributed by atoms with Crippen LogP contribution in [-0.4, -0.2) is 15.0 Å². The van der Waals surface area contributed by atoms with E-state index in [1.807, 2.05) is 48.9 Å². The molecule has 0 bridgehead atoms. The monoisotopic (exact) mass is 559 g/mol. The van der Waals surface area contributed by atoms with E-state index in [9.17, 15) is 0 Å². The molecule has 0 saturated heterocycles. The summed E-state index contributed by atoms with van der Waals surface area (Å²) in [7, 11) is 0. The fourth-order valence-electron chi connectivity index (χ4n) is 6.67. The standard InChI is InChI=1S/C41H25N3/c1-2-8-37-28(7-1)21-32(25-44-37)34-16-12-27-13-17-35-33(15-11-26-14-18-36(34)41(27)40(26)35)29-22-30(38-9-3-5-19-42-38)24-31(23-29)39-10-4-6-20-43-39/h1-25H. The van der Waals surface area contributed by atoms with Crippen molar-refractivity contribution in [1.29, 1.82) is 0 Å². The average molecular weight is 560 g/mol. The highest BCUT2D eigenvalue weighted by Crippen LogP contribution is 2.43. The van der Waals surface area contributed by atoms with E-state index in [-0.39, 0.29) is 0 Å². The van der Waals surface area contributed by atoms with Crippen molar-refractivity contribution in [2.75, 3.05) is 0 Å². The van der Waals surface area contributed by atoms with Crippen molar-refractivity contribution in [3.8, 4) is 44.8 Å². The van der Waals surface area contributed by atoms with E-state index in [1.54, 1.807) is 0 Å². The normalized spacial score (nSPS) is 11.6. The minimum atomic E-state index is 0.942. The molecule has 0 atom stereocenters. The summed E-state index contributed by atoms with van der Waals surface area (Å²) in [6.45, 7) is 0. The SMILES string of the molecule is c1ccc(-c2cc(-c3ccccn3)cc(-c3ccc4ccc5c(-c6cnc7ccccc7c6)ccc6ccc3c4c65)c2)nc1. The molecular formula is C41H25N3. The highest BCUT2D eigenvalue weighted by atomic mass is 14.7. The molecule has 3 nitrogen and oxygen atoms in total. The van der Waals surface area contributed by atoms with Gasteiger partial charge < -0.3 is 0 Å². The molecule has 0 unspecified atom stereocenters. The number of hydrogen-bond donors (Lipinski definition) is 0. The van der Waals surface area contributed by atoms with Gasteiger partial charge in [-0.05, 0) is 104 Å². The average Bonchev–Trinajstić information content (AvgIpc) is 3.10. The molecule has 0 aliphatic heterocycles. The van der Waals surface area contributed by atoms with Gasteiger partial charge in [0.1, 0.15) is 0 Å². The number of aromatic nitrogens is 3. The van der Waals surface area contributed by atoms with Gasteiger partial charge in [0.2, 0.25) is 0 Å². The number of rotatable bonds is 4. The number of benzene rings is 6. The summed E-state index contributed by atoms with van der Waals surface area (Å²) in [5, 5.41) is 8.68. The number of nitrogens with zero attached hydrogens (tertiary/aromatic N) is 3. The van der Waals surface area contributed by atoms with Crippen molar-refractivity contribution in [3.63, 3.8) is 0 Å². The Labute approximate surface area is 254 Å². The summed E-state index contributed by atoms with van der Waals surface area (Å²) in [5.74, 6) is 0. The lowest BCUT2D eigenvalue weighted by atomic mass is 9.86. The smallest absolute Gasteiger partial charge is 0.0702 e. The van der Waals surface area contributed by atoms with Gasteiger partial charge in [0.15, 0.2) is 0 Å². The van der Waals surface area contributed by atoms with Crippen LogP contribution >= 0.6 is 0 Å². The molecule has 0 radical (unpaired) electrons. The maximum atomic E-state index is 4.78. The van der Waals surface area contributed by atoms with E-state index in [1.165, 1.54) is 43.4 Å². The Morgan fingerprint density at radius 2 is 0.909 bits per heavy atom. The molecule has 9 aromatic rings. The summed E-state index contributed by atoms with van der Waals surface area (Å²) in [6, 6.07) is 47.4. The maximum Gasteiger partial charge on any atom is 0.0702 e. The second kappa shape index (κ2) is 9.82. The Morgan fingerprint density at radius 1 is 0.364 bits per heavy atom. The number of fused-ring (bicyclic) bond motifs is 1. The van der Waals surface area contributed by atoms with Crippen LogP contribution in [0.5, 0.6) is 0 Å². The van der Waals surface area contributed by atoms with Crippen LogP contribution in [0.3, 0.4) is 0 Å². The molecule has 0 N–H and O–H groups in total. The third-order valence-corrected chi connectivity index (χ3v) is 8.73. The quantitative estimate of drug-likeness (QED) is 0.201. The van der Waals surface area contributed by atoms with E-state index in [4.69, 9.17) is 4.98 Å². The third kappa shape index (κ3) is 3.94. The largest absolute Gasteiger partial charge is 0.256 e. The van der Waals surface area contributed by atoms with Crippen LogP contribution < -0.4 is 0 Å². The van der Waals surface area contributed by atoms with Crippen LogP contribution in [-0.2, 0) is 0 Å². The van der Waals surface area contributed by atoms with Crippen molar-refractivity contribution >= 4 is 43.2 Å². The molecule has 6 aromatic carbocycles. The highest BCUT2D eigenvalue weighted by Gasteiger charge is 2.16. The van der Waals surface area contributed by atoms with Crippen molar-refractivity contribution in [1.82, 2.24) is 15.0 Å². The third-order valence-electron chi connectivity index (χ3n) is 8.73. The van der Waals surface area contributed by atoms with E-state index in [0.717, 1.165) is 44.5 Å². The first-order chi connectivity index (χ1) is 21.8. The molecule has 0 aliphatic carbocycles. The Morgan fingerprint density at radius 3 is 1.52 bits per heavy atom. The van der Waals surface area contributed by atoms with Crippen molar-refractivity contribution in [3.05, 3.63) is 152 Å². The second-order valence-electron chi connectivity index (χ2n) is 11.3. The zero-order valence-corrected chi connectivity index (χ0v) is 23.8. The molecule has 0 fully saturated rings. The zero-order valence-electron chi connectivity index (χ0n) is 23.8. The molecule has 0 spiro atoms. The minimum Gasteiger partial charge on any atom is -0.256 e. The van der Waals surface area contributed by atoms with Crippen molar-refractivity contribution < 1.29 is 0 Å². The van der Waals surface area contributed by atoms with Crippen molar-refractivity contribution in [2.45, 2.75) is 0 Å². The molecule has 0 aliphatic rings. The second-order valence-corrected chi connectivity index (χ2v) is 11.3. The Hall–Kier alpha value is -5.93. The predicted molar refractivity (Wildman–Crippen MR) is 183 cm³/mol. The Bertz CT molecular complexity index is 2430. The van der Waals surface area contributed by atoms with Gasteiger partial charge in [0, 0.05) is 40.7 Å². The summed E-state index contributed by atoms with van der Waals surface area (Å²) < 4.78 is 0. The van der Waals surface area contributed by atoms with Crippen LogP contribution in [0.1, 0.15) is 0 Å². The zero-order chi connectivity index (χ0) is 29.0. The summed E-state index contributed by atoms with van der Waals surface area (Å²) in [4.78, 5) is 14.1. The Kier molecular flexibility index (Phi) is 5.50. The molecule has 0 amide bonds. The lowest BCUT2D eigenvalue weighted by Gasteiger charge is -2.17. The van der Waals surface area contributed by atoms with Gasteiger partial charge in [-0.2, -0.15) is 0 Å². The van der Waals surface area contributed by atoms with Gasteiger partial charge in [-0.1, -0.05) is 78.9 Å². The van der Waals surface area contributed by atoms with E-state index < -0.39 is 0 Å². The van der Waals surface area contributed by atoms with Gasteiger partial charge in [0.05, 0.1) is 16.9 Å². The molecule has 3 heteroatoms. The first-order valence-corrected chi connectivity index (χ1v) is 14.8. The lowest BCUT2D eigenvalue weighted by molar-refractivity contribution is 1.31. The molecule has 3 aromatic heterocycles. The van der Waals surface area contributed by atoms with Crippen LogP contribution in [0.25, 0.3) is 88.0 Å². The molecule has 204 valence electrons. The van der Waals surface area contributed by atoms with Crippen LogP contribution in [0.15, 0.2) is 152 Å². The van der Waals surface area contributed by atoms with Crippen molar-refractivity contribution in [2.24, 2.45) is 0 Å². The highest BCUT2D eigenvalue weighted by molar-refractivity contribution is 6.27. The predicted octanol–water partition coefficient (Wildman–Crippen LogP) is 10.6. The summed E-state index contributed by atoms with van der Waals surface area (Å²) >= 11 is 0. The molecule has 3 heterocycles.